The Balaban J connectivity index is 1.87. The molecule has 1 unspecified atom stereocenters. The van der Waals surface area contributed by atoms with E-state index < -0.39 is 6.10 Å². The van der Waals surface area contributed by atoms with E-state index in [0.29, 0.717) is 18.7 Å². The Bertz CT molecular complexity index is 451. The average molecular weight is 292 g/mol. The van der Waals surface area contributed by atoms with E-state index in [4.69, 9.17) is 4.74 Å². The second-order valence-corrected chi connectivity index (χ2v) is 6.67. The molecule has 0 saturated carbocycles. The second kappa shape index (κ2) is 7.28. The normalized spacial score (nSPS) is 27.4. The van der Waals surface area contributed by atoms with Crippen LogP contribution in [-0.2, 0) is 0 Å². The predicted octanol–water partition coefficient (Wildman–Crippen LogP) is 1.89. The largest absolute Gasteiger partial charge is 0.490 e. The van der Waals surface area contributed by atoms with Gasteiger partial charge in [-0.3, -0.25) is 0 Å². The molecule has 0 aromatic heterocycles. The van der Waals surface area contributed by atoms with Crippen LogP contribution in [0.4, 0.5) is 0 Å². The predicted molar refractivity (Wildman–Crippen MR) is 86.0 cm³/mol. The molecular weight excluding hydrogens is 262 g/mol. The minimum absolute atomic E-state index is 0.382. The van der Waals surface area contributed by atoms with Crippen LogP contribution in [0.1, 0.15) is 44.2 Å². The number of benzene rings is 1. The van der Waals surface area contributed by atoms with Crippen LogP contribution in [0.5, 0.6) is 5.75 Å². The third-order valence-corrected chi connectivity index (χ3v) is 5.00. The van der Waals surface area contributed by atoms with Gasteiger partial charge in [-0.2, -0.15) is 0 Å². The van der Waals surface area contributed by atoms with Crippen LogP contribution in [0.15, 0.2) is 18.2 Å². The quantitative estimate of drug-likeness (QED) is 0.869. The Labute approximate surface area is 128 Å². The minimum Gasteiger partial charge on any atom is -0.490 e. The van der Waals surface area contributed by atoms with E-state index >= 15 is 0 Å². The first-order valence-corrected chi connectivity index (χ1v) is 8.21. The van der Waals surface area contributed by atoms with Crippen molar-refractivity contribution in [2.45, 2.75) is 65.1 Å². The molecule has 0 bridgehead atoms. The Morgan fingerprint density at radius 2 is 1.90 bits per heavy atom. The van der Waals surface area contributed by atoms with Crippen molar-refractivity contribution in [2.24, 2.45) is 0 Å². The lowest BCUT2D eigenvalue weighted by atomic mass is 9.97. The van der Waals surface area contributed by atoms with Crippen molar-refractivity contribution in [2.75, 3.05) is 13.2 Å². The van der Waals surface area contributed by atoms with Gasteiger partial charge >= 0.3 is 0 Å². The monoisotopic (exact) mass is 292 g/mol. The molecule has 0 spiro atoms. The summed E-state index contributed by atoms with van der Waals surface area (Å²) >= 11 is 0. The zero-order valence-corrected chi connectivity index (χ0v) is 13.9. The molecule has 3 nitrogen and oxygen atoms in total. The van der Waals surface area contributed by atoms with Crippen molar-refractivity contribution in [1.29, 1.82) is 0 Å². The van der Waals surface area contributed by atoms with E-state index in [2.05, 4.69) is 33.8 Å². The highest BCUT2D eigenvalue weighted by atomic mass is 16.5. The van der Waals surface area contributed by atoms with Crippen molar-refractivity contribution in [3.8, 4) is 5.75 Å². The Morgan fingerprint density at radius 1 is 1.24 bits per heavy atom. The SMILES string of the molecule is Cc1cccc(OC[C@H](O)C[NH+]2[C@H](C)CCC[C@@H]2C)c1C. The number of aryl methyl sites for hydroxylation is 1. The smallest absolute Gasteiger partial charge is 0.137 e. The van der Waals surface area contributed by atoms with E-state index in [1.54, 1.807) is 0 Å². The van der Waals surface area contributed by atoms with Gasteiger partial charge in [-0.25, -0.2) is 0 Å². The summed E-state index contributed by atoms with van der Waals surface area (Å²) in [4.78, 5) is 1.53. The summed E-state index contributed by atoms with van der Waals surface area (Å²) in [6.45, 7) is 9.91. The molecule has 1 aliphatic rings. The Kier molecular flexibility index (Phi) is 5.65. The summed E-state index contributed by atoms with van der Waals surface area (Å²) in [5.74, 6) is 0.892. The highest BCUT2D eigenvalue weighted by molar-refractivity contribution is 5.38. The van der Waals surface area contributed by atoms with Crippen LogP contribution < -0.4 is 9.64 Å². The van der Waals surface area contributed by atoms with Gasteiger partial charge in [-0.15, -0.1) is 0 Å². The van der Waals surface area contributed by atoms with Gasteiger partial charge in [-0.1, -0.05) is 12.1 Å². The highest BCUT2D eigenvalue weighted by Crippen LogP contribution is 2.20. The summed E-state index contributed by atoms with van der Waals surface area (Å²) in [6.07, 6.45) is 3.46. The fourth-order valence-corrected chi connectivity index (χ4v) is 3.39. The number of aliphatic hydroxyl groups is 1. The van der Waals surface area contributed by atoms with Crippen LogP contribution in [0.2, 0.25) is 0 Å². The van der Waals surface area contributed by atoms with Gasteiger partial charge < -0.3 is 14.7 Å². The molecule has 1 saturated heterocycles. The van der Waals surface area contributed by atoms with Gasteiger partial charge in [0.1, 0.15) is 25.0 Å². The molecule has 118 valence electrons. The molecular formula is C18H30NO2+. The van der Waals surface area contributed by atoms with Gasteiger partial charge in [0, 0.05) is 0 Å². The lowest BCUT2D eigenvalue weighted by Gasteiger charge is -2.36. The van der Waals surface area contributed by atoms with Crippen LogP contribution >= 0.6 is 0 Å². The summed E-state index contributed by atoms with van der Waals surface area (Å²) in [7, 11) is 0. The van der Waals surface area contributed by atoms with E-state index in [-0.39, 0.29) is 0 Å². The third-order valence-electron chi connectivity index (χ3n) is 5.00. The fourth-order valence-electron chi connectivity index (χ4n) is 3.39. The first-order chi connectivity index (χ1) is 9.99. The van der Waals surface area contributed by atoms with E-state index in [1.807, 2.05) is 12.1 Å². The lowest BCUT2D eigenvalue weighted by molar-refractivity contribution is -0.954. The van der Waals surface area contributed by atoms with E-state index in [9.17, 15) is 5.11 Å². The number of rotatable bonds is 5. The number of quaternary nitrogens is 1. The van der Waals surface area contributed by atoms with E-state index in [1.165, 1.54) is 29.7 Å². The fraction of sp³-hybridized carbons (Fsp3) is 0.667. The number of nitrogens with one attached hydrogen (secondary N) is 1. The standard InChI is InChI=1S/C18H29NO2/c1-13-7-5-10-18(16(13)4)21-12-17(20)11-19-14(2)8-6-9-15(19)3/h5,7,10,14-15,17,20H,6,8-9,11-12H2,1-4H3/p+1/t14-,15+,17-/m1/s1. The number of likely N-dealkylation sites (tertiary alicyclic amines) is 1. The third kappa shape index (κ3) is 4.21. The zero-order valence-electron chi connectivity index (χ0n) is 13.9. The average Bonchev–Trinajstić information content (AvgIpc) is 2.45. The molecule has 1 aromatic carbocycles. The highest BCUT2D eigenvalue weighted by Gasteiger charge is 2.30. The molecule has 2 N–H and O–H groups in total. The number of ether oxygens (including phenoxy) is 1. The molecule has 21 heavy (non-hydrogen) atoms. The van der Waals surface area contributed by atoms with Crippen molar-refractivity contribution < 1.29 is 14.7 Å². The van der Waals surface area contributed by atoms with Gasteiger partial charge in [-0.05, 0) is 64.2 Å². The molecule has 0 aliphatic carbocycles. The Hall–Kier alpha value is -1.06. The van der Waals surface area contributed by atoms with E-state index in [0.717, 1.165) is 17.9 Å². The van der Waals surface area contributed by atoms with Crippen LogP contribution in [0, 0.1) is 13.8 Å². The first kappa shape index (κ1) is 16.3. The molecule has 1 heterocycles. The summed E-state index contributed by atoms with van der Waals surface area (Å²) in [6, 6.07) is 7.35. The van der Waals surface area contributed by atoms with Gasteiger partial charge in [0.15, 0.2) is 0 Å². The maximum Gasteiger partial charge on any atom is 0.137 e. The maximum atomic E-state index is 10.3. The lowest BCUT2D eigenvalue weighted by Crippen LogP contribution is -3.20. The summed E-state index contributed by atoms with van der Waals surface area (Å²) < 4.78 is 5.83. The van der Waals surface area contributed by atoms with Crippen molar-refractivity contribution in [3.05, 3.63) is 29.3 Å². The number of hydrogen-bond acceptors (Lipinski definition) is 2. The maximum absolute atomic E-state index is 10.3. The minimum atomic E-state index is -0.400. The van der Waals surface area contributed by atoms with Crippen LogP contribution in [0.25, 0.3) is 0 Å². The van der Waals surface area contributed by atoms with Crippen LogP contribution in [-0.4, -0.2) is 36.4 Å². The molecule has 0 radical (unpaired) electrons. The molecule has 0 amide bonds. The van der Waals surface area contributed by atoms with Crippen molar-refractivity contribution in [3.63, 3.8) is 0 Å². The van der Waals surface area contributed by atoms with Crippen LogP contribution in [0.3, 0.4) is 0 Å². The second-order valence-electron chi connectivity index (χ2n) is 6.67. The topological polar surface area (TPSA) is 33.9 Å². The molecule has 3 heteroatoms. The molecule has 1 aliphatic heterocycles. The van der Waals surface area contributed by atoms with Gasteiger partial charge in [0.05, 0.1) is 12.1 Å². The summed E-state index contributed by atoms with van der Waals surface area (Å²) in [5.41, 5.74) is 2.39. The van der Waals surface area contributed by atoms with Crippen molar-refractivity contribution in [1.82, 2.24) is 0 Å². The zero-order chi connectivity index (χ0) is 15.4. The molecule has 4 atom stereocenters. The summed E-state index contributed by atoms with van der Waals surface area (Å²) in [5, 5.41) is 10.3. The first-order valence-electron chi connectivity index (χ1n) is 8.21. The van der Waals surface area contributed by atoms with Crippen molar-refractivity contribution >= 4 is 0 Å². The molecule has 2 rings (SSSR count). The van der Waals surface area contributed by atoms with Gasteiger partial charge in [0.25, 0.3) is 0 Å². The number of aliphatic hydroxyl groups excluding tert-OH is 1. The number of hydrogen-bond donors (Lipinski definition) is 2. The van der Waals surface area contributed by atoms with Gasteiger partial charge in [0.2, 0.25) is 0 Å². The molecule has 1 aromatic rings. The number of piperidine rings is 1. The Morgan fingerprint density at radius 3 is 2.57 bits per heavy atom. The molecule has 1 fully saturated rings.